The number of pyridine rings is 2. The Hall–Kier alpha value is -3.25. The van der Waals surface area contributed by atoms with Crippen LogP contribution in [0.4, 0.5) is 5.82 Å². The van der Waals surface area contributed by atoms with E-state index in [4.69, 9.17) is 11.5 Å². The lowest BCUT2D eigenvalue weighted by atomic mass is 9.81. The maximum atomic E-state index is 13.2. The molecule has 2 heterocycles. The first-order chi connectivity index (χ1) is 15.6. The van der Waals surface area contributed by atoms with E-state index >= 15 is 0 Å². The van der Waals surface area contributed by atoms with E-state index in [1.54, 1.807) is 12.4 Å². The molecule has 0 spiro atoms. The molecule has 1 fully saturated rings. The second kappa shape index (κ2) is 10.4. The number of benzene rings is 1. The Balaban J connectivity index is 1.57. The van der Waals surface area contributed by atoms with Crippen LogP contribution in [0.5, 0.6) is 0 Å². The molecule has 1 saturated carbocycles. The van der Waals surface area contributed by atoms with E-state index in [9.17, 15) is 4.79 Å². The predicted octanol–water partition coefficient (Wildman–Crippen LogP) is 3.89. The lowest BCUT2D eigenvalue weighted by Gasteiger charge is -2.28. The number of hydrogen-bond donors (Lipinski definition) is 3. The molecule has 1 aliphatic rings. The van der Waals surface area contributed by atoms with Gasteiger partial charge in [-0.1, -0.05) is 30.3 Å². The third kappa shape index (κ3) is 5.51. The number of carbonyl (C=O) groups excluding carboxylic acids is 1. The van der Waals surface area contributed by atoms with E-state index in [-0.39, 0.29) is 17.9 Å². The van der Waals surface area contributed by atoms with Crippen LogP contribution in [0.15, 0.2) is 67.0 Å². The van der Waals surface area contributed by atoms with Crippen LogP contribution >= 0.6 is 0 Å². The van der Waals surface area contributed by atoms with E-state index in [0.717, 1.165) is 48.1 Å². The van der Waals surface area contributed by atoms with Crippen molar-refractivity contribution in [1.82, 2.24) is 15.3 Å². The Labute approximate surface area is 189 Å². The molecule has 0 bridgehead atoms. The quantitative estimate of drug-likeness (QED) is 0.528. The van der Waals surface area contributed by atoms with Crippen molar-refractivity contribution in [3.05, 3.63) is 78.2 Å². The Bertz CT molecular complexity index is 1030. The number of anilines is 1. The molecule has 6 heteroatoms. The van der Waals surface area contributed by atoms with Gasteiger partial charge in [-0.05, 0) is 85.5 Å². The van der Waals surface area contributed by atoms with Crippen LogP contribution in [0.3, 0.4) is 0 Å². The normalized spacial score (nSPS) is 19.3. The molecular formula is C26H31N5O. The summed E-state index contributed by atoms with van der Waals surface area (Å²) in [6.45, 7) is 0.710. The van der Waals surface area contributed by atoms with Gasteiger partial charge >= 0.3 is 0 Å². The number of aromatic nitrogens is 2. The minimum atomic E-state index is -0.212. The van der Waals surface area contributed by atoms with Gasteiger partial charge in [0.05, 0.1) is 11.7 Å². The second-order valence-electron chi connectivity index (χ2n) is 8.64. The summed E-state index contributed by atoms with van der Waals surface area (Å²) in [7, 11) is 0. The molecule has 6 nitrogen and oxygen atoms in total. The van der Waals surface area contributed by atoms with Crippen LogP contribution in [0, 0.1) is 11.8 Å². The fraction of sp³-hybridized carbons (Fsp3) is 0.346. The van der Waals surface area contributed by atoms with E-state index in [0.29, 0.717) is 24.7 Å². The van der Waals surface area contributed by atoms with Crippen molar-refractivity contribution in [2.24, 2.45) is 17.6 Å². The molecule has 0 aliphatic heterocycles. The molecule has 0 saturated heterocycles. The van der Waals surface area contributed by atoms with Crippen LogP contribution in [-0.2, 0) is 11.2 Å². The standard InChI is InChI=1S/C26H31N5O/c27-17-19-6-8-20(9-7-19)26(32)31-24(14-18-4-2-1-3-5-18)23-15-21(10-12-29-23)22-11-13-30-25(28)16-22/h1-5,10-13,15-16,19-20,24H,6-9,14,17,27H2,(H2,28,30)(H,31,32). The zero-order valence-electron chi connectivity index (χ0n) is 18.3. The van der Waals surface area contributed by atoms with E-state index in [2.05, 4.69) is 27.4 Å². The van der Waals surface area contributed by atoms with E-state index in [1.165, 1.54) is 0 Å². The molecule has 1 aliphatic carbocycles. The van der Waals surface area contributed by atoms with Gasteiger partial charge in [-0.3, -0.25) is 9.78 Å². The van der Waals surface area contributed by atoms with Crippen molar-refractivity contribution >= 4 is 11.7 Å². The Morgan fingerprint density at radius 2 is 1.66 bits per heavy atom. The van der Waals surface area contributed by atoms with Gasteiger partial charge in [-0.2, -0.15) is 0 Å². The zero-order chi connectivity index (χ0) is 22.3. The molecule has 0 radical (unpaired) electrons. The van der Waals surface area contributed by atoms with Gasteiger partial charge in [-0.15, -0.1) is 0 Å². The average Bonchev–Trinajstić information content (AvgIpc) is 2.84. The van der Waals surface area contributed by atoms with Crippen LogP contribution < -0.4 is 16.8 Å². The molecule has 32 heavy (non-hydrogen) atoms. The summed E-state index contributed by atoms with van der Waals surface area (Å²) in [5, 5.41) is 3.30. The molecular weight excluding hydrogens is 398 g/mol. The highest BCUT2D eigenvalue weighted by Crippen LogP contribution is 2.30. The van der Waals surface area contributed by atoms with Gasteiger partial charge in [0.2, 0.25) is 5.91 Å². The van der Waals surface area contributed by atoms with Gasteiger partial charge in [0.15, 0.2) is 0 Å². The lowest BCUT2D eigenvalue weighted by Crippen LogP contribution is -2.37. The molecule has 3 aromatic rings. The van der Waals surface area contributed by atoms with Gasteiger partial charge in [0.1, 0.15) is 5.82 Å². The number of carbonyl (C=O) groups is 1. The molecule has 166 valence electrons. The summed E-state index contributed by atoms with van der Waals surface area (Å²) in [5.74, 6) is 1.18. The number of amides is 1. The van der Waals surface area contributed by atoms with Crippen LogP contribution in [0.25, 0.3) is 11.1 Å². The SMILES string of the molecule is NCC1CCC(C(=O)NC(Cc2ccccc2)c2cc(-c3ccnc(N)c3)ccn2)CC1. The zero-order valence-corrected chi connectivity index (χ0v) is 18.3. The number of nitrogen functional groups attached to an aromatic ring is 1. The maximum Gasteiger partial charge on any atom is 0.223 e. The molecule has 1 unspecified atom stereocenters. The molecule has 1 aromatic carbocycles. The van der Waals surface area contributed by atoms with Crippen molar-refractivity contribution in [3.8, 4) is 11.1 Å². The van der Waals surface area contributed by atoms with Gasteiger partial charge < -0.3 is 16.8 Å². The highest BCUT2D eigenvalue weighted by Gasteiger charge is 2.28. The monoisotopic (exact) mass is 429 g/mol. The topological polar surface area (TPSA) is 107 Å². The second-order valence-corrected chi connectivity index (χ2v) is 8.64. The van der Waals surface area contributed by atoms with E-state index < -0.39 is 0 Å². The third-order valence-electron chi connectivity index (χ3n) is 6.40. The maximum absolute atomic E-state index is 13.2. The first kappa shape index (κ1) is 22.0. The molecule has 2 aromatic heterocycles. The minimum Gasteiger partial charge on any atom is -0.384 e. The van der Waals surface area contributed by atoms with Crippen molar-refractivity contribution in [1.29, 1.82) is 0 Å². The van der Waals surface area contributed by atoms with Crippen molar-refractivity contribution < 1.29 is 4.79 Å². The highest BCUT2D eigenvalue weighted by molar-refractivity contribution is 5.79. The summed E-state index contributed by atoms with van der Waals surface area (Å²) in [6, 6.07) is 17.8. The van der Waals surface area contributed by atoms with Gasteiger partial charge in [0, 0.05) is 18.3 Å². The number of hydrogen-bond acceptors (Lipinski definition) is 5. The summed E-state index contributed by atoms with van der Waals surface area (Å²) >= 11 is 0. The smallest absolute Gasteiger partial charge is 0.223 e. The fourth-order valence-corrected chi connectivity index (χ4v) is 4.48. The van der Waals surface area contributed by atoms with Crippen LogP contribution in [-0.4, -0.2) is 22.4 Å². The molecule has 4 rings (SSSR count). The summed E-state index contributed by atoms with van der Waals surface area (Å²) < 4.78 is 0. The summed E-state index contributed by atoms with van der Waals surface area (Å²) in [4.78, 5) is 21.9. The Kier molecular flexibility index (Phi) is 7.12. The number of nitrogens with two attached hydrogens (primary N) is 2. The summed E-state index contributed by atoms with van der Waals surface area (Å²) in [6.07, 6.45) is 8.01. The molecule has 1 atom stereocenters. The third-order valence-corrected chi connectivity index (χ3v) is 6.40. The number of nitrogens with one attached hydrogen (secondary N) is 1. The minimum absolute atomic E-state index is 0.0410. The van der Waals surface area contributed by atoms with Gasteiger partial charge in [-0.25, -0.2) is 4.98 Å². The largest absolute Gasteiger partial charge is 0.384 e. The number of nitrogens with zero attached hydrogens (tertiary/aromatic N) is 2. The van der Waals surface area contributed by atoms with Crippen LogP contribution in [0.2, 0.25) is 0 Å². The fourth-order valence-electron chi connectivity index (χ4n) is 4.48. The van der Waals surface area contributed by atoms with Gasteiger partial charge in [0.25, 0.3) is 0 Å². The average molecular weight is 430 g/mol. The van der Waals surface area contributed by atoms with Crippen LogP contribution in [0.1, 0.15) is 43.0 Å². The highest BCUT2D eigenvalue weighted by atomic mass is 16.1. The molecule has 5 N–H and O–H groups in total. The predicted molar refractivity (Wildman–Crippen MR) is 127 cm³/mol. The van der Waals surface area contributed by atoms with Crippen molar-refractivity contribution in [2.75, 3.05) is 12.3 Å². The molecule has 1 amide bonds. The van der Waals surface area contributed by atoms with Crippen molar-refractivity contribution in [2.45, 2.75) is 38.1 Å². The van der Waals surface area contributed by atoms with E-state index in [1.807, 2.05) is 42.5 Å². The van der Waals surface area contributed by atoms with Crippen molar-refractivity contribution in [3.63, 3.8) is 0 Å². The Morgan fingerprint density at radius 1 is 0.969 bits per heavy atom. The number of rotatable bonds is 7. The Morgan fingerprint density at radius 3 is 2.34 bits per heavy atom. The first-order valence-electron chi connectivity index (χ1n) is 11.3. The summed E-state index contributed by atoms with van der Waals surface area (Å²) in [5.41, 5.74) is 15.7. The first-order valence-corrected chi connectivity index (χ1v) is 11.3. The lowest BCUT2D eigenvalue weighted by molar-refractivity contribution is -0.127.